The Morgan fingerprint density at radius 2 is 1.97 bits per heavy atom. The number of ether oxygens (including phenoxy) is 2. The van der Waals surface area contributed by atoms with E-state index in [9.17, 15) is 4.79 Å². The van der Waals surface area contributed by atoms with Gasteiger partial charge in [-0.15, -0.1) is 10.2 Å². The molecule has 1 N–H and O–H groups in total. The van der Waals surface area contributed by atoms with Crippen molar-refractivity contribution < 1.29 is 18.7 Å². The molecule has 9 nitrogen and oxygen atoms in total. The van der Waals surface area contributed by atoms with Gasteiger partial charge >= 0.3 is 0 Å². The van der Waals surface area contributed by atoms with Crippen molar-refractivity contribution in [3.8, 4) is 5.75 Å². The number of carbonyl (C=O) groups is 1. The zero-order chi connectivity index (χ0) is 25.7. The molecule has 36 heavy (non-hydrogen) atoms. The van der Waals surface area contributed by atoms with Crippen LogP contribution in [0.15, 0.2) is 34.7 Å². The zero-order valence-electron chi connectivity index (χ0n) is 21.9. The summed E-state index contributed by atoms with van der Waals surface area (Å²) in [5.41, 5.74) is 2.41. The molecular weight excluding hydrogens is 458 g/mol. The first-order chi connectivity index (χ1) is 17.4. The number of nitrogens with one attached hydrogen (secondary N) is 1. The molecule has 0 aliphatic carbocycles. The van der Waals surface area contributed by atoms with Gasteiger partial charge < -0.3 is 23.8 Å². The summed E-state index contributed by atoms with van der Waals surface area (Å²) in [6, 6.07) is 9.54. The van der Waals surface area contributed by atoms with E-state index in [1.807, 2.05) is 6.07 Å². The Bertz CT molecular complexity index is 1170. The number of methoxy groups -OCH3 is 2. The van der Waals surface area contributed by atoms with Crippen LogP contribution < -0.4 is 10.1 Å². The van der Waals surface area contributed by atoms with Crippen LogP contribution in [-0.4, -0.2) is 52.9 Å². The van der Waals surface area contributed by atoms with Crippen LogP contribution in [0.25, 0.3) is 0 Å². The summed E-state index contributed by atoms with van der Waals surface area (Å²) in [5, 5.41) is 12.2. The van der Waals surface area contributed by atoms with Crippen LogP contribution in [0.5, 0.6) is 5.75 Å². The van der Waals surface area contributed by atoms with Crippen LogP contribution in [-0.2, 0) is 30.9 Å². The Balaban J connectivity index is 1.47. The molecule has 0 fully saturated rings. The van der Waals surface area contributed by atoms with E-state index in [0.717, 1.165) is 62.0 Å². The summed E-state index contributed by atoms with van der Waals surface area (Å²) in [5.74, 6) is 3.67. The van der Waals surface area contributed by atoms with Gasteiger partial charge in [-0.05, 0) is 48.6 Å². The number of nitrogens with zero attached hydrogens (tertiary/aromatic N) is 4. The van der Waals surface area contributed by atoms with Crippen LogP contribution >= 0.6 is 0 Å². The van der Waals surface area contributed by atoms with E-state index >= 15 is 0 Å². The molecule has 0 saturated heterocycles. The fourth-order valence-corrected chi connectivity index (χ4v) is 4.75. The number of rotatable bonds is 10. The van der Waals surface area contributed by atoms with Crippen molar-refractivity contribution >= 4 is 5.91 Å². The minimum atomic E-state index is -0.259. The predicted octanol–water partition coefficient (Wildman–Crippen LogP) is 3.91. The van der Waals surface area contributed by atoms with E-state index in [1.54, 1.807) is 26.4 Å². The molecule has 0 spiro atoms. The average Bonchev–Trinajstić information content (AvgIpc) is 3.43. The Labute approximate surface area is 212 Å². The fraction of sp³-hybridized carbons (Fsp3) is 0.519. The summed E-state index contributed by atoms with van der Waals surface area (Å²) in [4.78, 5) is 15.4. The lowest BCUT2D eigenvalue weighted by molar-refractivity contribution is 0.0892. The van der Waals surface area contributed by atoms with Gasteiger partial charge in [-0.3, -0.25) is 9.69 Å². The topological polar surface area (TPSA) is 94.6 Å². The quantitative estimate of drug-likeness (QED) is 0.456. The number of benzene rings is 1. The van der Waals surface area contributed by atoms with Crippen LogP contribution in [0, 0.1) is 12.8 Å². The second-order valence-electron chi connectivity index (χ2n) is 9.81. The van der Waals surface area contributed by atoms with Gasteiger partial charge in [-0.2, -0.15) is 0 Å². The first kappa shape index (κ1) is 25.9. The first-order valence-electron chi connectivity index (χ1n) is 12.5. The summed E-state index contributed by atoms with van der Waals surface area (Å²) in [6.45, 7) is 10.1. The van der Waals surface area contributed by atoms with Crippen LogP contribution in [0.1, 0.15) is 65.4 Å². The summed E-state index contributed by atoms with van der Waals surface area (Å²) in [7, 11) is 3.29. The molecule has 4 rings (SSSR count). The van der Waals surface area contributed by atoms with E-state index < -0.39 is 0 Å². The maximum atomic E-state index is 13.0. The Morgan fingerprint density at radius 3 is 2.69 bits per heavy atom. The van der Waals surface area contributed by atoms with E-state index in [2.05, 4.69) is 57.9 Å². The third-order valence-electron chi connectivity index (χ3n) is 6.51. The molecule has 1 aliphatic heterocycles. The highest BCUT2D eigenvalue weighted by molar-refractivity contribution is 5.91. The minimum Gasteiger partial charge on any atom is -0.496 e. The lowest BCUT2D eigenvalue weighted by Gasteiger charge is -2.22. The maximum Gasteiger partial charge on any atom is 0.287 e. The smallest absolute Gasteiger partial charge is 0.287 e. The van der Waals surface area contributed by atoms with E-state index in [-0.39, 0.29) is 17.7 Å². The van der Waals surface area contributed by atoms with Crippen molar-refractivity contribution in [2.45, 2.75) is 59.4 Å². The summed E-state index contributed by atoms with van der Waals surface area (Å²) in [6.07, 6.45) is 1.56. The van der Waals surface area contributed by atoms with Crippen molar-refractivity contribution in [1.82, 2.24) is 25.0 Å². The third-order valence-corrected chi connectivity index (χ3v) is 6.51. The number of hydrogen-bond donors (Lipinski definition) is 1. The van der Waals surface area contributed by atoms with Gasteiger partial charge in [0.1, 0.15) is 23.9 Å². The van der Waals surface area contributed by atoms with E-state index in [0.29, 0.717) is 18.3 Å². The highest BCUT2D eigenvalue weighted by atomic mass is 16.5. The molecule has 3 heterocycles. The predicted molar refractivity (Wildman–Crippen MR) is 136 cm³/mol. The number of fused-ring (bicyclic) bond motifs is 1. The van der Waals surface area contributed by atoms with Crippen molar-refractivity contribution in [2.75, 3.05) is 27.3 Å². The molecule has 1 amide bonds. The number of amides is 1. The van der Waals surface area contributed by atoms with Crippen molar-refractivity contribution in [3.63, 3.8) is 0 Å². The molecular formula is C27H37N5O4. The largest absolute Gasteiger partial charge is 0.496 e. The molecule has 0 unspecified atom stereocenters. The van der Waals surface area contributed by atoms with Gasteiger partial charge in [0.15, 0.2) is 11.6 Å². The molecule has 1 aromatic carbocycles. The lowest BCUT2D eigenvalue weighted by atomic mass is 10.0. The number of aromatic nitrogens is 3. The highest BCUT2D eigenvalue weighted by Gasteiger charge is 2.27. The van der Waals surface area contributed by atoms with Gasteiger partial charge in [0.25, 0.3) is 5.91 Å². The normalized spacial score (nSPS) is 14.9. The molecule has 3 aromatic rings. The molecule has 1 atom stereocenters. The Morgan fingerprint density at radius 1 is 1.14 bits per heavy atom. The van der Waals surface area contributed by atoms with E-state index in [4.69, 9.17) is 13.9 Å². The molecule has 194 valence electrons. The summed E-state index contributed by atoms with van der Waals surface area (Å²) >= 11 is 0. The average molecular weight is 496 g/mol. The minimum absolute atomic E-state index is 0.259. The monoisotopic (exact) mass is 495 g/mol. The van der Waals surface area contributed by atoms with Gasteiger partial charge in [0, 0.05) is 39.7 Å². The second-order valence-corrected chi connectivity index (χ2v) is 9.81. The van der Waals surface area contributed by atoms with Gasteiger partial charge in [0.2, 0.25) is 0 Å². The maximum absolute atomic E-state index is 13.0. The molecule has 9 heteroatoms. The van der Waals surface area contributed by atoms with Crippen molar-refractivity contribution in [2.24, 2.45) is 5.92 Å². The van der Waals surface area contributed by atoms with Gasteiger partial charge in [-0.1, -0.05) is 26.0 Å². The number of carbonyl (C=O) groups excluding carboxylic acids is 1. The SMILES string of the molecule is COCc1ccc(C(=O)N[C@@H](CC(C)C)c2nnc3n2CCN(Cc2ccc(OC)c(C)c2)CC3)o1. The fourth-order valence-electron chi connectivity index (χ4n) is 4.75. The molecule has 0 bridgehead atoms. The number of aryl methyl sites for hydroxylation is 1. The van der Waals surface area contributed by atoms with Gasteiger partial charge in [-0.25, -0.2) is 0 Å². The molecule has 0 radical (unpaired) electrons. The molecule has 2 aromatic heterocycles. The van der Waals surface area contributed by atoms with Crippen LogP contribution in [0.2, 0.25) is 0 Å². The van der Waals surface area contributed by atoms with Crippen molar-refractivity contribution in [1.29, 1.82) is 0 Å². The highest BCUT2D eigenvalue weighted by Crippen LogP contribution is 2.24. The van der Waals surface area contributed by atoms with Crippen LogP contribution in [0.4, 0.5) is 0 Å². The Kier molecular flexibility index (Phi) is 8.43. The number of furan rings is 1. The molecule has 1 aliphatic rings. The number of hydrogen-bond acceptors (Lipinski definition) is 7. The molecule has 0 saturated carbocycles. The van der Waals surface area contributed by atoms with Gasteiger partial charge in [0.05, 0.1) is 13.2 Å². The Hall–Kier alpha value is -3.17. The second kappa shape index (κ2) is 11.7. The van der Waals surface area contributed by atoms with Crippen LogP contribution in [0.3, 0.4) is 0 Å². The lowest BCUT2D eigenvalue weighted by Crippen LogP contribution is -2.32. The summed E-state index contributed by atoms with van der Waals surface area (Å²) < 4.78 is 18.3. The standard InChI is InChI=1S/C27H37N5O4/c1-18(2)14-22(28-27(33)24-9-7-21(36-24)17-34-4)26-30-29-25-10-11-31(12-13-32(25)26)16-20-6-8-23(35-5)19(3)15-20/h6-9,15,18,22H,10-14,16-17H2,1-5H3,(H,28,33)/t22-/m0/s1. The van der Waals surface area contributed by atoms with E-state index in [1.165, 1.54) is 5.56 Å². The third kappa shape index (κ3) is 6.14. The zero-order valence-corrected chi connectivity index (χ0v) is 21.9. The van der Waals surface area contributed by atoms with Crippen molar-refractivity contribution in [3.05, 3.63) is 64.6 Å². The first-order valence-corrected chi connectivity index (χ1v) is 12.5.